The van der Waals surface area contributed by atoms with Gasteiger partial charge in [-0.1, -0.05) is 54.1 Å². The lowest BCUT2D eigenvalue weighted by molar-refractivity contribution is -0.144. The van der Waals surface area contributed by atoms with E-state index in [0.29, 0.717) is 0 Å². The predicted octanol–water partition coefficient (Wildman–Crippen LogP) is 4.57. The van der Waals surface area contributed by atoms with Crippen molar-refractivity contribution in [2.24, 2.45) is 0 Å². The van der Waals surface area contributed by atoms with Crippen molar-refractivity contribution in [3.63, 3.8) is 0 Å². The van der Waals surface area contributed by atoms with Gasteiger partial charge >= 0.3 is 5.97 Å². The van der Waals surface area contributed by atoms with Crippen LogP contribution in [0.3, 0.4) is 0 Å². The van der Waals surface area contributed by atoms with Gasteiger partial charge in [-0.25, -0.2) is 0 Å². The average Bonchev–Trinajstić information content (AvgIpc) is 3.18. The van der Waals surface area contributed by atoms with Crippen molar-refractivity contribution < 1.29 is 9.90 Å². The summed E-state index contributed by atoms with van der Waals surface area (Å²) >= 11 is 0. The lowest BCUT2D eigenvalue weighted by atomic mass is 10.0. The quantitative estimate of drug-likeness (QED) is 0.503. The van der Waals surface area contributed by atoms with Crippen molar-refractivity contribution >= 4 is 27.6 Å². The first-order valence-corrected chi connectivity index (χ1v) is 10.8. The van der Waals surface area contributed by atoms with E-state index in [2.05, 4.69) is 63.3 Å². The van der Waals surface area contributed by atoms with Crippen molar-refractivity contribution in [3.8, 4) is 0 Å². The zero-order valence-electron chi connectivity index (χ0n) is 17.7. The van der Waals surface area contributed by atoms with E-state index in [1.165, 1.54) is 16.3 Å². The third kappa shape index (κ3) is 3.82. The van der Waals surface area contributed by atoms with Gasteiger partial charge in [0.15, 0.2) is 0 Å². The number of aromatic amines is 1. The van der Waals surface area contributed by atoms with Gasteiger partial charge in [0.1, 0.15) is 6.04 Å². The molecule has 0 spiro atoms. The van der Waals surface area contributed by atoms with Crippen LogP contribution in [0, 0.1) is 6.92 Å². The highest BCUT2D eigenvalue weighted by atomic mass is 16.4. The fourth-order valence-electron chi connectivity index (χ4n) is 4.82. The highest BCUT2D eigenvalue weighted by Gasteiger charge is 2.32. The van der Waals surface area contributed by atoms with E-state index in [1.807, 2.05) is 25.3 Å². The summed E-state index contributed by atoms with van der Waals surface area (Å²) < 4.78 is 0. The normalized spacial score (nSPS) is 16.7. The number of rotatable bonds is 5. The molecule has 31 heavy (non-hydrogen) atoms. The second kappa shape index (κ2) is 8.17. The lowest BCUT2D eigenvalue weighted by Crippen LogP contribution is -2.48. The molecule has 1 aromatic heterocycles. The standard InChI is InChI=1S/C26H27N3O2/c1-18-9-10-24-22(15-18)23(16-27-24)25(26(30)31)29-13-11-28(12-14-29)17-20-7-4-6-19-5-2-3-8-21(19)20/h2-10,15-16,25,27H,11-14,17H2,1H3,(H,30,31)/t25-/m1/s1. The number of carboxylic acids is 1. The first-order chi connectivity index (χ1) is 15.1. The van der Waals surface area contributed by atoms with E-state index in [-0.39, 0.29) is 0 Å². The lowest BCUT2D eigenvalue weighted by Gasteiger charge is -2.37. The molecule has 5 heteroatoms. The van der Waals surface area contributed by atoms with Crippen LogP contribution < -0.4 is 0 Å². The molecular weight excluding hydrogens is 386 g/mol. The molecule has 2 N–H and O–H groups in total. The number of hydrogen-bond acceptors (Lipinski definition) is 3. The Hall–Kier alpha value is -3.15. The summed E-state index contributed by atoms with van der Waals surface area (Å²) in [5, 5.41) is 13.6. The summed E-state index contributed by atoms with van der Waals surface area (Å²) in [6, 6.07) is 20.5. The van der Waals surface area contributed by atoms with E-state index in [9.17, 15) is 9.90 Å². The zero-order chi connectivity index (χ0) is 21.4. The number of H-pyrrole nitrogens is 1. The molecule has 4 aromatic rings. The Bertz CT molecular complexity index is 1230. The Labute approximate surface area is 181 Å². The molecule has 0 radical (unpaired) electrons. The number of fused-ring (bicyclic) bond motifs is 2. The first kappa shape index (κ1) is 19.8. The molecule has 1 atom stereocenters. The van der Waals surface area contributed by atoms with Gasteiger partial charge in [-0.3, -0.25) is 14.6 Å². The van der Waals surface area contributed by atoms with Crippen LogP contribution in [0.5, 0.6) is 0 Å². The fourth-order valence-corrected chi connectivity index (χ4v) is 4.82. The molecule has 1 aliphatic rings. The van der Waals surface area contributed by atoms with Crippen LogP contribution in [-0.4, -0.2) is 52.0 Å². The largest absolute Gasteiger partial charge is 0.480 e. The summed E-state index contributed by atoms with van der Waals surface area (Å²) in [4.78, 5) is 20.1. The molecule has 1 fully saturated rings. The molecule has 5 rings (SSSR count). The molecule has 1 saturated heterocycles. The molecule has 0 aliphatic carbocycles. The molecule has 3 aromatic carbocycles. The highest BCUT2D eigenvalue weighted by molar-refractivity contribution is 5.89. The number of carbonyl (C=O) groups is 1. The minimum atomic E-state index is -0.787. The van der Waals surface area contributed by atoms with E-state index in [1.54, 1.807) is 0 Å². The minimum Gasteiger partial charge on any atom is -0.480 e. The molecule has 0 bridgehead atoms. The molecule has 2 heterocycles. The number of aliphatic carboxylic acids is 1. The third-order valence-electron chi connectivity index (χ3n) is 6.44. The maximum Gasteiger partial charge on any atom is 0.325 e. The van der Waals surface area contributed by atoms with Gasteiger partial charge in [-0.15, -0.1) is 0 Å². The molecular formula is C26H27N3O2. The van der Waals surface area contributed by atoms with Gasteiger partial charge in [-0.05, 0) is 35.4 Å². The van der Waals surface area contributed by atoms with Gasteiger partial charge in [0.2, 0.25) is 0 Å². The van der Waals surface area contributed by atoms with Crippen molar-refractivity contribution in [1.29, 1.82) is 0 Å². The monoisotopic (exact) mass is 413 g/mol. The Morgan fingerprint density at radius 3 is 2.58 bits per heavy atom. The molecule has 5 nitrogen and oxygen atoms in total. The maximum absolute atomic E-state index is 12.3. The predicted molar refractivity (Wildman–Crippen MR) is 124 cm³/mol. The summed E-state index contributed by atoms with van der Waals surface area (Å²) in [6.07, 6.45) is 1.87. The SMILES string of the molecule is Cc1ccc2[nH]cc([C@H](C(=O)O)N3CCN(Cc4cccc5ccccc45)CC3)c2c1. The molecule has 158 valence electrons. The van der Waals surface area contributed by atoms with Crippen molar-refractivity contribution in [2.45, 2.75) is 19.5 Å². The molecule has 1 aliphatic heterocycles. The Balaban J connectivity index is 1.33. The highest BCUT2D eigenvalue weighted by Crippen LogP contribution is 2.30. The van der Waals surface area contributed by atoms with Gasteiger partial charge in [0, 0.05) is 55.4 Å². The van der Waals surface area contributed by atoms with E-state index in [4.69, 9.17) is 0 Å². The Kier molecular flexibility index (Phi) is 5.22. The molecule has 0 unspecified atom stereocenters. The number of nitrogens with one attached hydrogen (secondary N) is 1. The zero-order valence-corrected chi connectivity index (χ0v) is 17.7. The van der Waals surface area contributed by atoms with Crippen LogP contribution in [0.25, 0.3) is 21.7 Å². The second-order valence-corrected chi connectivity index (χ2v) is 8.48. The number of aromatic nitrogens is 1. The number of piperazine rings is 1. The molecule has 0 amide bonds. The summed E-state index contributed by atoms with van der Waals surface area (Å²) in [5.74, 6) is -0.787. The van der Waals surface area contributed by atoms with Crippen molar-refractivity contribution in [1.82, 2.24) is 14.8 Å². The van der Waals surface area contributed by atoms with Gasteiger partial charge in [-0.2, -0.15) is 0 Å². The van der Waals surface area contributed by atoms with Gasteiger partial charge in [0.25, 0.3) is 0 Å². The number of hydrogen-bond donors (Lipinski definition) is 2. The number of aryl methyl sites for hydroxylation is 1. The van der Waals surface area contributed by atoms with E-state index in [0.717, 1.165) is 54.8 Å². The Morgan fingerprint density at radius 2 is 1.77 bits per heavy atom. The smallest absolute Gasteiger partial charge is 0.325 e. The maximum atomic E-state index is 12.3. The van der Waals surface area contributed by atoms with Crippen LogP contribution >= 0.6 is 0 Å². The van der Waals surface area contributed by atoms with Gasteiger partial charge in [0.05, 0.1) is 0 Å². The second-order valence-electron chi connectivity index (χ2n) is 8.48. The Morgan fingerprint density at radius 1 is 1.00 bits per heavy atom. The first-order valence-electron chi connectivity index (χ1n) is 10.8. The van der Waals surface area contributed by atoms with Crippen molar-refractivity contribution in [3.05, 3.63) is 83.6 Å². The molecule has 0 saturated carbocycles. The summed E-state index contributed by atoms with van der Waals surface area (Å²) in [5.41, 5.74) is 4.31. The number of carboxylic acid groups (broad SMARTS) is 1. The van der Waals surface area contributed by atoms with Crippen molar-refractivity contribution in [2.75, 3.05) is 26.2 Å². The minimum absolute atomic E-state index is 0.629. The van der Waals surface area contributed by atoms with Crippen LogP contribution in [0.1, 0.15) is 22.7 Å². The number of nitrogens with zero attached hydrogens (tertiary/aromatic N) is 2. The van der Waals surface area contributed by atoms with E-state index >= 15 is 0 Å². The van der Waals surface area contributed by atoms with Crippen LogP contribution in [0.2, 0.25) is 0 Å². The van der Waals surface area contributed by atoms with Gasteiger partial charge < -0.3 is 10.1 Å². The topological polar surface area (TPSA) is 59.6 Å². The van der Waals surface area contributed by atoms with Crippen LogP contribution in [0.4, 0.5) is 0 Å². The van der Waals surface area contributed by atoms with E-state index < -0.39 is 12.0 Å². The number of benzene rings is 3. The average molecular weight is 414 g/mol. The summed E-state index contributed by atoms with van der Waals surface area (Å²) in [7, 11) is 0. The third-order valence-corrected chi connectivity index (χ3v) is 6.44. The van der Waals surface area contributed by atoms with Crippen LogP contribution in [0.15, 0.2) is 66.9 Å². The fraction of sp³-hybridized carbons (Fsp3) is 0.269. The van der Waals surface area contributed by atoms with Crippen LogP contribution in [-0.2, 0) is 11.3 Å². The summed E-state index contributed by atoms with van der Waals surface area (Å²) in [6.45, 7) is 6.11.